The molecule has 0 unspecified atom stereocenters. The number of ether oxygens (including phenoxy) is 2. The lowest BCUT2D eigenvalue weighted by Crippen LogP contribution is -2.08. The van der Waals surface area contributed by atoms with Crippen LogP contribution < -0.4 is 9.47 Å². The maximum absolute atomic E-state index is 10.1. The van der Waals surface area contributed by atoms with Gasteiger partial charge < -0.3 is 9.47 Å². The summed E-state index contributed by atoms with van der Waals surface area (Å²) in [6.45, 7) is 3.94. The van der Waals surface area contributed by atoms with Crippen LogP contribution >= 0.6 is 0 Å². The highest BCUT2D eigenvalue weighted by Crippen LogP contribution is 2.20. The molecule has 0 radical (unpaired) electrons. The lowest BCUT2D eigenvalue weighted by molar-refractivity contribution is -0.120. The first-order valence-corrected chi connectivity index (χ1v) is 4.34. The van der Waals surface area contributed by atoms with Gasteiger partial charge in [-0.1, -0.05) is 0 Å². The molecule has 0 saturated carbocycles. The fourth-order valence-electron chi connectivity index (χ4n) is 0.950. The van der Waals surface area contributed by atoms with Crippen molar-refractivity contribution >= 4 is 6.47 Å². The fraction of sp³-hybridized carbons (Fsp3) is 0.300. The summed E-state index contributed by atoms with van der Waals surface area (Å²) in [5, 5.41) is 8.81. The van der Waals surface area contributed by atoms with Crippen molar-refractivity contribution in [3.8, 4) is 17.7 Å². The average molecular weight is 206 g/mol. The quantitative estimate of drug-likeness (QED) is 0.694. The van der Waals surface area contributed by atoms with Crippen molar-refractivity contribution in [1.29, 1.82) is 5.26 Å². The molecule has 0 aliphatic carbocycles. The molecule has 5 nitrogen and oxygen atoms in total. The molecule has 1 aromatic rings. The molecular formula is C10H10N2O3. The first-order valence-electron chi connectivity index (χ1n) is 4.34. The molecule has 1 aromatic heterocycles. The smallest absolute Gasteiger partial charge is 0.298 e. The third-order valence-corrected chi connectivity index (χ3v) is 1.48. The van der Waals surface area contributed by atoms with Crippen LogP contribution in [0.1, 0.15) is 19.4 Å². The second kappa shape index (κ2) is 4.96. The largest absolute Gasteiger partial charge is 0.474 e. The Morgan fingerprint density at radius 2 is 2.33 bits per heavy atom. The Balaban J connectivity index is 2.99. The SMILES string of the molecule is CC(C)Oc1ncc(OC=O)cc1C#N. The van der Waals surface area contributed by atoms with Crippen LogP contribution in [-0.4, -0.2) is 17.6 Å². The molecule has 0 atom stereocenters. The Kier molecular flexibility index (Phi) is 3.63. The summed E-state index contributed by atoms with van der Waals surface area (Å²) in [5.74, 6) is 0.461. The van der Waals surface area contributed by atoms with Gasteiger partial charge in [0.1, 0.15) is 17.4 Å². The van der Waals surface area contributed by atoms with E-state index in [1.54, 1.807) is 0 Å². The first kappa shape index (κ1) is 11.0. The molecule has 1 heterocycles. The summed E-state index contributed by atoms with van der Waals surface area (Å²) in [7, 11) is 0. The summed E-state index contributed by atoms with van der Waals surface area (Å²) in [6, 6.07) is 3.32. The highest BCUT2D eigenvalue weighted by atomic mass is 16.5. The van der Waals surface area contributed by atoms with Gasteiger partial charge in [0, 0.05) is 6.07 Å². The molecule has 0 spiro atoms. The van der Waals surface area contributed by atoms with Crippen molar-refractivity contribution < 1.29 is 14.3 Å². The molecule has 0 aromatic carbocycles. The topological polar surface area (TPSA) is 72.2 Å². The number of hydrogen-bond donors (Lipinski definition) is 0. The van der Waals surface area contributed by atoms with Crippen LogP contribution in [0, 0.1) is 11.3 Å². The van der Waals surface area contributed by atoms with Gasteiger partial charge in [-0.15, -0.1) is 0 Å². The van der Waals surface area contributed by atoms with E-state index in [1.807, 2.05) is 19.9 Å². The Morgan fingerprint density at radius 3 is 2.87 bits per heavy atom. The number of pyridine rings is 1. The van der Waals surface area contributed by atoms with Crippen LogP contribution in [0.15, 0.2) is 12.3 Å². The molecule has 0 aliphatic rings. The van der Waals surface area contributed by atoms with Crippen molar-refractivity contribution in [3.05, 3.63) is 17.8 Å². The molecule has 0 saturated heterocycles. The van der Waals surface area contributed by atoms with E-state index in [9.17, 15) is 4.79 Å². The minimum absolute atomic E-state index is 0.0672. The second-order valence-electron chi connectivity index (χ2n) is 3.02. The summed E-state index contributed by atoms with van der Waals surface area (Å²) in [6.07, 6.45) is 1.26. The third-order valence-electron chi connectivity index (χ3n) is 1.48. The molecule has 0 bridgehead atoms. The predicted molar refractivity (Wildman–Crippen MR) is 51.4 cm³/mol. The van der Waals surface area contributed by atoms with E-state index in [4.69, 9.17) is 10.00 Å². The number of aromatic nitrogens is 1. The normalized spacial score (nSPS) is 9.47. The standard InChI is InChI=1S/C10H10N2O3/c1-7(2)15-10-8(4-11)3-9(5-12-10)14-6-13/h3,5-7H,1-2H3. The van der Waals surface area contributed by atoms with Crippen molar-refractivity contribution in [1.82, 2.24) is 4.98 Å². The van der Waals surface area contributed by atoms with Crippen LogP contribution in [0.2, 0.25) is 0 Å². The van der Waals surface area contributed by atoms with E-state index in [-0.39, 0.29) is 29.8 Å². The van der Waals surface area contributed by atoms with Gasteiger partial charge in [-0.05, 0) is 13.8 Å². The van der Waals surface area contributed by atoms with E-state index in [0.717, 1.165) is 0 Å². The minimum atomic E-state index is -0.0672. The number of nitriles is 1. The summed E-state index contributed by atoms with van der Waals surface area (Å²) < 4.78 is 9.85. The molecule has 5 heteroatoms. The minimum Gasteiger partial charge on any atom is -0.474 e. The van der Waals surface area contributed by atoms with Crippen molar-refractivity contribution in [2.45, 2.75) is 20.0 Å². The van der Waals surface area contributed by atoms with E-state index in [1.165, 1.54) is 12.3 Å². The van der Waals surface area contributed by atoms with E-state index < -0.39 is 0 Å². The van der Waals surface area contributed by atoms with Gasteiger partial charge in [-0.3, -0.25) is 4.79 Å². The van der Waals surface area contributed by atoms with E-state index in [0.29, 0.717) is 0 Å². The van der Waals surface area contributed by atoms with Crippen LogP contribution in [0.3, 0.4) is 0 Å². The molecule has 0 N–H and O–H groups in total. The lowest BCUT2D eigenvalue weighted by atomic mass is 10.3. The number of carbonyl (C=O) groups excluding carboxylic acids is 1. The Bertz CT molecular complexity index is 396. The molecule has 1 rings (SSSR count). The zero-order valence-corrected chi connectivity index (χ0v) is 8.43. The third kappa shape index (κ3) is 2.95. The van der Waals surface area contributed by atoms with Crippen LogP contribution in [0.4, 0.5) is 0 Å². The van der Waals surface area contributed by atoms with Crippen LogP contribution in [0.25, 0.3) is 0 Å². The van der Waals surface area contributed by atoms with Gasteiger partial charge in [0.05, 0.1) is 12.3 Å². The van der Waals surface area contributed by atoms with Crippen molar-refractivity contribution in [2.75, 3.05) is 0 Å². The Morgan fingerprint density at radius 1 is 1.60 bits per heavy atom. The molecule has 15 heavy (non-hydrogen) atoms. The fourth-order valence-corrected chi connectivity index (χ4v) is 0.950. The van der Waals surface area contributed by atoms with Gasteiger partial charge in [0.15, 0.2) is 0 Å². The average Bonchev–Trinajstić information content (AvgIpc) is 2.20. The van der Waals surface area contributed by atoms with Gasteiger partial charge in [0.25, 0.3) is 6.47 Å². The zero-order valence-electron chi connectivity index (χ0n) is 8.43. The van der Waals surface area contributed by atoms with Crippen LogP contribution in [-0.2, 0) is 4.79 Å². The zero-order chi connectivity index (χ0) is 11.3. The summed E-state index contributed by atoms with van der Waals surface area (Å²) in [5.41, 5.74) is 0.239. The van der Waals surface area contributed by atoms with Gasteiger partial charge in [-0.2, -0.15) is 5.26 Å². The van der Waals surface area contributed by atoms with E-state index in [2.05, 4.69) is 9.72 Å². The molecular weight excluding hydrogens is 196 g/mol. The Hall–Kier alpha value is -2.09. The first-order chi connectivity index (χ1) is 7.17. The van der Waals surface area contributed by atoms with Crippen molar-refractivity contribution in [3.63, 3.8) is 0 Å². The maximum atomic E-state index is 10.1. The molecule has 0 amide bonds. The van der Waals surface area contributed by atoms with Gasteiger partial charge >= 0.3 is 0 Å². The van der Waals surface area contributed by atoms with Gasteiger partial charge in [0.2, 0.25) is 5.88 Å². The highest BCUT2D eigenvalue weighted by Gasteiger charge is 2.08. The van der Waals surface area contributed by atoms with Crippen molar-refractivity contribution in [2.24, 2.45) is 0 Å². The monoisotopic (exact) mass is 206 g/mol. The van der Waals surface area contributed by atoms with E-state index >= 15 is 0 Å². The van der Waals surface area contributed by atoms with Crippen LogP contribution in [0.5, 0.6) is 11.6 Å². The summed E-state index contributed by atoms with van der Waals surface area (Å²) in [4.78, 5) is 14.0. The Labute approximate surface area is 87.3 Å². The molecule has 0 fully saturated rings. The molecule has 78 valence electrons. The summed E-state index contributed by atoms with van der Waals surface area (Å²) >= 11 is 0. The molecule has 0 aliphatic heterocycles. The number of carbonyl (C=O) groups is 1. The predicted octanol–water partition coefficient (Wildman–Crippen LogP) is 1.28. The van der Waals surface area contributed by atoms with Gasteiger partial charge in [-0.25, -0.2) is 4.98 Å². The maximum Gasteiger partial charge on any atom is 0.298 e. The second-order valence-corrected chi connectivity index (χ2v) is 3.02. The number of rotatable bonds is 4. The lowest BCUT2D eigenvalue weighted by Gasteiger charge is -2.09. The number of hydrogen-bond acceptors (Lipinski definition) is 5. The number of nitrogens with zero attached hydrogens (tertiary/aromatic N) is 2. The highest BCUT2D eigenvalue weighted by molar-refractivity contribution is 5.48.